The standard InChI is InChI=1S/C9H12FN3O.ClH/c10-7-1-3-8(4-2-7)13-9(14)12-6-5-11;/h1-4H,5-6,11H2,(H2,12,13,14);1H. The fourth-order valence-electron chi connectivity index (χ4n) is 0.894. The molecular formula is C9H13ClFN3O. The van der Waals surface area contributed by atoms with Crippen LogP contribution in [-0.2, 0) is 0 Å². The number of hydrogen-bond donors (Lipinski definition) is 3. The van der Waals surface area contributed by atoms with Gasteiger partial charge in [0.1, 0.15) is 5.82 Å². The molecule has 0 spiro atoms. The molecule has 0 aliphatic heterocycles. The zero-order chi connectivity index (χ0) is 10.4. The molecule has 84 valence electrons. The van der Waals surface area contributed by atoms with E-state index in [0.29, 0.717) is 18.8 Å². The summed E-state index contributed by atoms with van der Waals surface area (Å²) in [4.78, 5) is 11.1. The van der Waals surface area contributed by atoms with Crippen LogP contribution in [0.5, 0.6) is 0 Å². The highest BCUT2D eigenvalue weighted by atomic mass is 35.5. The molecule has 15 heavy (non-hydrogen) atoms. The van der Waals surface area contributed by atoms with Crippen molar-refractivity contribution in [3.63, 3.8) is 0 Å². The number of urea groups is 1. The molecule has 0 saturated heterocycles. The predicted molar refractivity (Wildman–Crippen MR) is 59.7 cm³/mol. The Morgan fingerprint density at radius 2 is 1.93 bits per heavy atom. The Kier molecular flexibility index (Phi) is 6.40. The lowest BCUT2D eigenvalue weighted by molar-refractivity contribution is 0.252. The second-order valence-electron chi connectivity index (χ2n) is 2.68. The van der Waals surface area contributed by atoms with E-state index in [4.69, 9.17) is 5.73 Å². The molecule has 0 bridgehead atoms. The van der Waals surface area contributed by atoms with Crippen LogP contribution in [0.15, 0.2) is 24.3 Å². The Morgan fingerprint density at radius 3 is 2.47 bits per heavy atom. The lowest BCUT2D eigenvalue weighted by Gasteiger charge is -2.05. The Morgan fingerprint density at radius 1 is 1.33 bits per heavy atom. The third-order valence-corrected chi connectivity index (χ3v) is 1.53. The van der Waals surface area contributed by atoms with Gasteiger partial charge in [-0.15, -0.1) is 12.4 Å². The molecule has 0 fully saturated rings. The van der Waals surface area contributed by atoms with Gasteiger partial charge in [-0.1, -0.05) is 0 Å². The second kappa shape index (κ2) is 7.03. The van der Waals surface area contributed by atoms with Crippen molar-refractivity contribution in [2.45, 2.75) is 0 Å². The summed E-state index contributed by atoms with van der Waals surface area (Å²) in [6, 6.07) is 5.17. The number of nitrogens with one attached hydrogen (secondary N) is 2. The highest BCUT2D eigenvalue weighted by molar-refractivity contribution is 5.89. The van der Waals surface area contributed by atoms with Crippen molar-refractivity contribution in [1.29, 1.82) is 0 Å². The second-order valence-corrected chi connectivity index (χ2v) is 2.68. The highest BCUT2D eigenvalue weighted by Gasteiger charge is 1.99. The van der Waals surface area contributed by atoms with Crippen molar-refractivity contribution >= 4 is 24.1 Å². The van der Waals surface area contributed by atoms with Crippen molar-refractivity contribution in [1.82, 2.24) is 5.32 Å². The number of carbonyl (C=O) groups excluding carboxylic acids is 1. The maximum absolute atomic E-state index is 12.5. The Bertz CT molecular complexity index is 305. The fraction of sp³-hybridized carbons (Fsp3) is 0.222. The van der Waals surface area contributed by atoms with Crippen LogP contribution in [0.2, 0.25) is 0 Å². The molecular weight excluding hydrogens is 221 g/mol. The van der Waals surface area contributed by atoms with E-state index in [2.05, 4.69) is 10.6 Å². The maximum Gasteiger partial charge on any atom is 0.319 e. The van der Waals surface area contributed by atoms with Crippen molar-refractivity contribution in [3.8, 4) is 0 Å². The van der Waals surface area contributed by atoms with Gasteiger partial charge < -0.3 is 16.4 Å². The number of carbonyl (C=O) groups is 1. The summed E-state index contributed by atoms with van der Waals surface area (Å²) in [5.41, 5.74) is 5.74. The molecule has 6 heteroatoms. The summed E-state index contributed by atoms with van der Waals surface area (Å²) in [5, 5.41) is 5.06. The van der Waals surface area contributed by atoms with Gasteiger partial charge in [-0.05, 0) is 24.3 Å². The van der Waals surface area contributed by atoms with Crippen LogP contribution < -0.4 is 16.4 Å². The van der Waals surface area contributed by atoms with Gasteiger partial charge in [-0.2, -0.15) is 0 Å². The van der Waals surface area contributed by atoms with Crippen LogP contribution in [0.4, 0.5) is 14.9 Å². The van der Waals surface area contributed by atoms with Gasteiger partial charge in [-0.3, -0.25) is 0 Å². The van der Waals surface area contributed by atoms with Gasteiger partial charge in [-0.25, -0.2) is 9.18 Å². The number of nitrogens with two attached hydrogens (primary N) is 1. The van der Waals surface area contributed by atoms with Crippen molar-refractivity contribution in [3.05, 3.63) is 30.1 Å². The Hall–Kier alpha value is -1.33. The molecule has 0 aliphatic carbocycles. The quantitative estimate of drug-likeness (QED) is 0.737. The zero-order valence-corrected chi connectivity index (χ0v) is 8.81. The number of benzene rings is 1. The summed E-state index contributed by atoms with van der Waals surface area (Å²) in [7, 11) is 0. The normalized spacial score (nSPS) is 8.93. The monoisotopic (exact) mass is 233 g/mol. The maximum atomic E-state index is 12.5. The molecule has 0 atom stereocenters. The van der Waals surface area contributed by atoms with Crippen LogP contribution >= 0.6 is 12.4 Å². The predicted octanol–water partition coefficient (Wildman–Crippen LogP) is 1.33. The van der Waals surface area contributed by atoms with Gasteiger partial charge >= 0.3 is 6.03 Å². The number of amides is 2. The Balaban J connectivity index is 0.00000196. The largest absolute Gasteiger partial charge is 0.337 e. The summed E-state index contributed by atoms with van der Waals surface area (Å²) in [6.07, 6.45) is 0. The van der Waals surface area contributed by atoms with E-state index < -0.39 is 0 Å². The number of hydrogen-bond acceptors (Lipinski definition) is 2. The van der Waals surface area contributed by atoms with Gasteiger partial charge in [0, 0.05) is 18.8 Å². The number of rotatable bonds is 3. The van der Waals surface area contributed by atoms with E-state index in [1.165, 1.54) is 24.3 Å². The van der Waals surface area contributed by atoms with Crippen molar-refractivity contribution in [2.24, 2.45) is 5.73 Å². The SMILES string of the molecule is Cl.NCCNC(=O)Nc1ccc(F)cc1. The van der Waals surface area contributed by atoms with Crippen LogP contribution in [0, 0.1) is 5.82 Å². The van der Waals surface area contributed by atoms with E-state index in [9.17, 15) is 9.18 Å². The molecule has 1 aromatic rings. The van der Waals surface area contributed by atoms with Gasteiger partial charge in [0.05, 0.1) is 0 Å². The van der Waals surface area contributed by atoms with Crippen LogP contribution in [-0.4, -0.2) is 19.1 Å². The third-order valence-electron chi connectivity index (χ3n) is 1.53. The molecule has 0 heterocycles. The van der Waals surface area contributed by atoms with E-state index in [0.717, 1.165) is 0 Å². The highest BCUT2D eigenvalue weighted by Crippen LogP contribution is 2.07. The summed E-state index contributed by atoms with van der Waals surface area (Å²) in [5.74, 6) is -0.335. The molecule has 0 aromatic heterocycles. The molecule has 1 rings (SSSR count). The lowest BCUT2D eigenvalue weighted by atomic mass is 10.3. The third kappa shape index (κ3) is 5.19. The van der Waals surface area contributed by atoms with Crippen LogP contribution in [0.25, 0.3) is 0 Å². The first-order chi connectivity index (χ1) is 6.72. The van der Waals surface area contributed by atoms with Gasteiger partial charge in [0.15, 0.2) is 0 Å². The summed E-state index contributed by atoms with van der Waals surface area (Å²) < 4.78 is 12.5. The first-order valence-electron chi connectivity index (χ1n) is 4.23. The zero-order valence-electron chi connectivity index (χ0n) is 8.00. The average Bonchev–Trinajstić information content (AvgIpc) is 2.18. The Labute approximate surface area is 93.4 Å². The minimum Gasteiger partial charge on any atom is -0.337 e. The minimum atomic E-state index is -0.345. The van der Waals surface area contributed by atoms with Crippen LogP contribution in [0.1, 0.15) is 0 Å². The molecule has 0 unspecified atom stereocenters. The summed E-state index contributed by atoms with van der Waals surface area (Å²) in [6.45, 7) is 0.796. The van der Waals surface area contributed by atoms with E-state index >= 15 is 0 Å². The van der Waals surface area contributed by atoms with Crippen molar-refractivity contribution < 1.29 is 9.18 Å². The smallest absolute Gasteiger partial charge is 0.319 e. The van der Waals surface area contributed by atoms with Crippen molar-refractivity contribution in [2.75, 3.05) is 18.4 Å². The average molecular weight is 234 g/mol. The first-order valence-corrected chi connectivity index (χ1v) is 4.23. The molecule has 4 N–H and O–H groups in total. The van der Waals surface area contributed by atoms with E-state index in [1.807, 2.05) is 0 Å². The van der Waals surface area contributed by atoms with Gasteiger partial charge in [0.2, 0.25) is 0 Å². The molecule has 0 aliphatic rings. The molecule has 0 saturated carbocycles. The molecule has 2 amide bonds. The molecule has 0 radical (unpaired) electrons. The minimum absolute atomic E-state index is 0. The number of halogens is 2. The van der Waals surface area contributed by atoms with E-state index in [-0.39, 0.29) is 24.3 Å². The molecule has 4 nitrogen and oxygen atoms in total. The lowest BCUT2D eigenvalue weighted by Crippen LogP contribution is -2.32. The summed E-state index contributed by atoms with van der Waals surface area (Å²) >= 11 is 0. The number of anilines is 1. The topological polar surface area (TPSA) is 67.1 Å². The molecule has 1 aromatic carbocycles. The van der Waals surface area contributed by atoms with Crippen LogP contribution in [0.3, 0.4) is 0 Å². The van der Waals surface area contributed by atoms with Gasteiger partial charge in [0.25, 0.3) is 0 Å². The van der Waals surface area contributed by atoms with E-state index in [1.54, 1.807) is 0 Å². The fourth-order valence-corrected chi connectivity index (χ4v) is 0.894. The first kappa shape index (κ1) is 13.7.